The standard InChI is InChI=1S/C10H20N2O4/c1-3-4-7(5-9(13)14)12-10(15)8(6-11)16-2/h7-8H,3-6,11H2,1-2H3,(H,12,15)(H,13,14). The van der Waals surface area contributed by atoms with Gasteiger partial charge in [0.2, 0.25) is 0 Å². The van der Waals surface area contributed by atoms with Crippen LogP contribution in [-0.2, 0) is 14.3 Å². The molecule has 0 radical (unpaired) electrons. The molecule has 0 spiro atoms. The highest BCUT2D eigenvalue weighted by Crippen LogP contribution is 2.03. The monoisotopic (exact) mass is 232 g/mol. The Morgan fingerprint density at radius 2 is 2.12 bits per heavy atom. The Balaban J connectivity index is 4.26. The molecule has 2 unspecified atom stereocenters. The first-order valence-corrected chi connectivity index (χ1v) is 5.30. The van der Waals surface area contributed by atoms with Crippen molar-refractivity contribution in [3.8, 4) is 0 Å². The minimum absolute atomic E-state index is 0.0776. The van der Waals surface area contributed by atoms with E-state index < -0.39 is 12.1 Å². The van der Waals surface area contributed by atoms with Crippen LogP contribution in [0.3, 0.4) is 0 Å². The fraction of sp³-hybridized carbons (Fsp3) is 0.800. The third-order valence-corrected chi connectivity index (χ3v) is 2.20. The van der Waals surface area contributed by atoms with Gasteiger partial charge in [-0.05, 0) is 6.42 Å². The van der Waals surface area contributed by atoms with Crippen LogP contribution in [0.5, 0.6) is 0 Å². The molecular weight excluding hydrogens is 212 g/mol. The van der Waals surface area contributed by atoms with E-state index in [0.717, 1.165) is 6.42 Å². The van der Waals surface area contributed by atoms with Crippen LogP contribution in [0.4, 0.5) is 0 Å². The average molecular weight is 232 g/mol. The highest BCUT2D eigenvalue weighted by Gasteiger charge is 2.20. The van der Waals surface area contributed by atoms with Gasteiger partial charge in [0.25, 0.3) is 5.91 Å². The van der Waals surface area contributed by atoms with Crippen LogP contribution in [-0.4, -0.2) is 42.8 Å². The molecule has 0 aromatic heterocycles. The summed E-state index contributed by atoms with van der Waals surface area (Å²) in [5, 5.41) is 11.3. The van der Waals surface area contributed by atoms with Gasteiger partial charge < -0.3 is 20.9 Å². The van der Waals surface area contributed by atoms with Gasteiger partial charge in [-0.2, -0.15) is 0 Å². The van der Waals surface area contributed by atoms with Crippen molar-refractivity contribution in [2.75, 3.05) is 13.7 Å². The Morgan fingerprint density at radius 1 is 1.50 bits per heavy atom. The van der Waals surface area contributed by atoms with Gasteiger partial charge in [-0.15, -0.1) is 0 Å². The molecule has 2 atom stereocenters. The molecule has 16 heavy (non-hydrogen) atoms. The van der Waals surface area contributed by atoms with Crippen LogP contribution in [0, 0.1) is 0 Å². The quantitative estimate of drug-likeness (QED) is 0.534. The SMILES string of the molecule is CCCC(CC(=O)O)NC(=O)C(CN)OC. The Bertz CT molecular complexity index is 229. The number of ether oxygens (including phenoxy) is 1. The summed E-state index contributed by atoms with van der Waals surface area (Å²) >= 11 is 0. The first-order chi connectivity index (χ1) is 7.54. The van der Waals surface area contributed by atoms with Gasteiger partial charge in [0, 0.05) is 19.7 Å². The molecule has 0 bridgehead atoms. The van der Waals surface area contributed by atoms with Gasteiger partial charge in [0.1, 0.15) is 6.10 Å². The van der Waals surface area contributed by atoms with Crippen LogP contribution in [0.1, 0.15) is 26.2 Å². The summed E-state index contributed by atoms with van der Waals surface area (Å²) in [5.74, 6) is -1.29. The lowest BCUT2D eigenvalue weighted by molar-refractivity contribution is -0.138. The van der Waals surface area contributed by atoms with E-state index >= 15 is 0 Å². The normalized spacial score (nSPS) is 14.2. The first kappa shape index (κ1) is 14.9. The highest BCUT2D eigenvalue weighted by atomic mass is 16.5. The zero-order valence-electron chi connectivity index (χ0n) is 9.73. The Hall–Kier alpha value is -1.14. The lowest BCUT2D eigenvalue weighted by atomic mass is 10.1. The van der Waals surface area contributed by atoms with Crippen molar-refractivity contribution in [1.29, 1.82) is 0 Å². The number of methoxy groups -OCH3 is 1. The van der Waals surface area contributed by atoms with E-state index in [1.54, 1.807) is 0 Å². The minimum Gasteiger partial charge on any atom is -0.481 e. The van der Waals surface area contributed by atoms with Crippen molar-refractivity contribution in [3.63, 3.8) is 0 Å². The Labute approximate surface area is 95.1 Å². The molecule has 0 aliphatic carbocycles. The molecule has 1 amide bonds. The van der Waals surface area contributed by atoms with E-state index in [4.69, 9.17) is 15.6 Å². The minimum atomic E-state index is -0.930. The second-order valence-electron chi connectivity index (χ2n) is 3.55. The smallest absolute Gasteiger partial charge is 0.305 e. The molecule has 4 N–H and O–H groups in total. The Kier molecular flexibility index (Phi) is 7.49. The molecular formula is C10H20N2O4. The maximum absolute atomic E-state index is 11.6. The molecule has 6 nitrogen and oxygen atoms in total. The van der Waals surface area contributed by atoms with E-state index in [0.29, 0.717) is 6.42 Å². The fourth-order valence-electron chi connectivity index (χ4n) is 1.39. The first-order valence-electron chi connectivity index (χ1n) is 5.30. The van der Waals surface area contributed by atoms with Gasteiger partial charge in [0.05, 0.1) is 6.42 Å². The molecule has 0 heterocycles. The number of aliphatic carboxylic acids is 1. The number of carboxylic acid groups (broad SMARTS) is 1. The molecule has 0 saturated heterocycles. The van der Waals surface area contributed by atoms with Crippen molar-refractivity contribution in [2.45, 2.75) is 38.3 Å². The summed E-state index contributed by atoms with van der Waals surface area (Å²) in [7, 11) is 1.39. The number of nitrogens with one attached hydrogen (secondary N) is 1. The number of carbonyl (C=O) groups is 2. The number of rotatable bonds is 8. The largest absolute Gasteiger partial charge is 0.481 e. The van der Waals surface area contributed by atoms with Crippen molar-refractivity contribution < 1.29 is 19.4 Å². The molecule has 94 valence electrons. The summed E-state index contributed by atoms with van der Waals surface area (Å²) in [4.78, 5) is 22.1. The fourth-order valence-corrected chi connectivity index (χ4v) is 1.39. The van der Waals surface area contributed by atoms with Crippen molar-refractivity contribution in [1.82, 2.24) is 5.32 Å². The lowest BCUT2D eigenvalue weighted by Crippen LogP contribution is -2.45. The van der Waals surface area contributed by atoms with Crippen molar-refractivity contribution in [3.05, 3.63) is 0 Å². The summed E-state index contributed by atoms with van der Waals surface area (Å²) in [6.07, 6.45) is 0.631. The second-order valence-corrected chi connectivity index (χ2v) is 3.55. The molecule has 0 aliphatic rings. The third kappa shape index (κ3) is 5.67. The molecule has 6 heteroatoms. The van der Waals surface area contributed by atoms with E-state index in [-0.39, 0.29) is 24.9 Å². The second kappa shape index (κ2) is 8.06. The van der Waals surface area contributed by atoms with Gasteiger partial charge in [-0.1, -0.05) is 13.3 Å². The van der Waals surface area contributed by atoms with Gasteiger partial charge in [0.15, 0.2) is 0 Å². The number of hydrogen-bond donors (Lipinski definition) is 3. The predicted molar refractivity (Wildman–Crippen MR) is 58.9 cm³/mol. The average Bonchev–Trinajstić information content (AvgIpc) is 2.18. The molecule has 0 rings (SSSR count). The van der Waals surface area contributed by atoms with Gasteiger partial charge in [-0.25, -0.2) is 0 Å². The highest BCUT2D eigenvalue weighted by molar-refractivity contribution is 5.82. The van der Waals surface area contributed by atoms with E-state index in [9.17, 15) is 9.59 Å². The van der Waals surface area contributed by atoms with Gasteiger partial charge >= 0.3 is 5.97 Å². The number of carboxylic acids is 1. The lowest BCUT2D eigenvalue weighted by Gasteiger charge is -2.19. The number of carbonyl (C=O) groups excluding carboxylic acids is 1. The maximum Gasteiger partial charge on any atom is 0.305 e. The molecule has 0 aromatic carbocycles. The van der Waals surface area contributed by atoms with Crippen LogP contribution >= 0.6 is 0 Å². The third-order valence-electron chi connectivity index (χ3n) is 2.20. The predicted octanol–water partition coefficient (Wildman–Crippen LogP) is -0.280. The Morgan fingerprint density at radius 3 is 2.50 bits per heavy atom. The topological polar surface area (TPSA) is 102 Å². The molecule has 0 aromatic rings. The number of nitrogens with two attached hydrogens (primary N) is 1. The van der Waals surface area contributed by atoms with E-state index in [1.165, 1.54) is 7.11 Å². The van der Waals surface area contributed by atoms with Crippen LogP contribution < -0.4 is 11.1 Å². The summed E-state index contributed by atoms with van der Waals surface area (Å²) in [5.41, 5.74) is 5.33. The molecule has 0 aliphatic heterocycles. The van der Waals surface area contributed by atoms with Gasteiger partial charge in [-0.3, -0.25) is 9.59 Å². The van der Waals surface area contributed by atoms with Crippen LogP contribution in [0.2, 0.25) is 0 Å². The zero-order valence-corrected chi connectivity index (χ0v) is 9.73. The van der Waals surface area contributed by atoms with E-state index in [2.05, 4.69) is 5.32 Å². The van der Waals surface area contributed by atoms with Crippen LogP contribution in [0.25, 0.3) is 0 Å². The summed E-state index contributed by atoms with van der Waals surface area (Å²) in [6, 6.07) is -0.362. The van der Waals surface area contributed by atoms with Crippen molar-refractivity contribution in [2.24, 2.45) is 5.73 Å². The summed E-state index contributed by atoms with van der Waals surface area (Å²) in [6.45, 7) is 2.01. The van der Waals surface area contributed by atoms with E-state index in [1.807, 2.05) is 6.92 Å². The molecule has 0 saturated carbocycles. The van der Waals surface area contributed by atoms with Crippen LogP contribution in [0.15, 0.2) is 0 Å². The van der Waals surface area contributed by atoms with Crippen molar-refractivity contribution >= 4 is 11.9 Å². The number of amides is 1. The molecule has 0 fully saturated rings. The summed E-state index contributed by atoms with van der Waals surface area (Å²) < 4.78 is 4.86. The number of hydrogen-bond acceptors (Lipinski definition) is 4. The maximum atomic E-state index is 11.6. The zero-order chi connectivity index (χ0) is 12.6.